The van der Waals surface area contributed by atoms with Crippen LogP contribution in [0.25, 0.3) is 0 Å². The first kappa shape index (κ1) is 15.3. The van der Waals surface area contributed by atoms with Gasteiger partial charge in [0.25, 0.3) is 5.91 Å². The molecule has 5 N–H and O–H groups in total. The average molecular weight is 265 g/mol. The lowest BCUT2D eigenvalue weighted by atomic mass is 10.0. The van der Waals surface area contributed by atoms with Gasteiger partial charge in [-0.2, -0.15) is 0 Å². The molecule has 1 unspecified atom stereocenters. The van der Waals surface area contributed by atoms with Gasteiger partial charge < -0.3 is 21.5 Å². The van der Waals surface area contributed by atoms with Crippen molar-refractivity contribution in [2.75, 3.05) is 24.6 Å². The average Bonchev–Trinajstić information content (AvgIpc) is 2.37. The zero-order valence-corrected chi connectivity index (χ0v) is 11.8. The predicted octanol–water partition coefficient (Wildman–Crippen LogP) is 1.59. The van der Waals surface area contributed by atoms with Gasteiger partial charge in [-0.1, -0.05) is 13.3 Å². The Kier molecular flexibility index (Phi) is 5.18. The summed E-state index contributed by atoms with van der Waals surface area (Å²) < 4.78 is 0. The van der Waals surface area contributed by atoms with E-state index < -0.39 is 5.60 Å². The van der Waals surface area contributed by atoms with Gasteiger partial charge in [-0.15, -0.1) is 0 Å². The maximum absolute atomic E-state index is 11.6. The zero-order chi connectivity index (χ0) is 14.5. The van der Waals surface area contributed by atoms with E-state index in [2.05, 4.69) is 10.6 Å². The summed E-state index contributed by atoms with van der Waals surface area (Å²) >= 11 is 0. The fraction of sp³-hybridized carbons (Fsp3) is 0.500. The summed E-state index contributed by atoms with van der Waals surface area (Å²) in [7, 11) is 1.58. The van der Waals surface area contributed by atoms with Crippen LogP contribution >= 0.6 is 0 Å². The summed E-state index contributed by atoms with van der Waals surface area (Å²) in [5, 5.41) is 15.8. The summed E-state index contributed by atoms with van der Waals surface area (Å²) in [4.78, 5) is 11.6. The molecular formula is C14H23N3O2. The van der Waals surface area contributed by atoms with Gasteiger partial charge in [-0.3, -0.25) is 4.79 Å². The fourth-order valence-electron chi connectivity index (χ4n) is 1.91. The molecule has 0 aliphatic carbocycles. The van der Waals surface area contributed by atoms with Crippen molar-refractivity contribution >= 4 is 17.3 Å². The molecule has 19 heavy (non-hydrogen) atoms. The largest absolute Gasteiger partial charge is 0.397 e. The molecule has 0 aromatic heterocycles. The molecule has 0 fully saturated rings. The van der Waals surface area contributed by atoms with E-state index in [0.717, 1.165) is 6.42 Å². The fourth-order valence-corrected chi connectivity index (χ4v) is 1.91. The predicted molar refractivity (Wildman–Crippen MR) is 78.3 cm³/mol. The molecule has 106 valence electrons. The standard InChI is InChI=1S/C14H23N3O2/c1-4-7-14(2,19)9-17-12-8-10(13(18)16-3)5-6-11(12)15/h5-6,8,17,19H,4,7,9,15H2,1-3H3,(H,16,18). The van der Waals surface area contributed by atoms with E-state index in [0.29, 0.717) is 29.9 Å². The number of nitrogens with one attached hydrogen (secondary N) is 2. The van der Waals surface area contributed by atoms with Crippen molar-refractivity contribution in [2.24, 2.45) is 0 Å². The van der Waals surface area contributed by atoms with E-state index in [1.54, 1.807) is 32.2 Å². The molecular weight excluding hydrogens is 242 g/mol. The van der Waals surface area contributed by atoms with Crippen LogP contribution in [0.15, 0.2) is 18.2 Å². The molecule has 1 rings (SSSR count). The lowest BCUT2D eigenvalue weighted by molar-refractivity contribution is 0.0637. The third-order valence-electron chi connectivity index (χ3n) is 2.99. The summed E-state index contributed by atoms with van der Waals surface area (Å²) in [6.45, 7) is 4.19. The Labute approximate surface area is 114 Å². The Morgan fingerprint density at radius 3 is 2.74 bits per heavy atom. The zero-order valence-electron chi connectivity index (χ0n) is 11.8. The van der Waals surface area contributed by atoms with Crippen molar-refractivity contribution in [1.29, 1.82) is 0 Å². The van der Waals surface area contributed by atoms with Crippen LogP contribution in [0, 0.1) is 0 Å². The number of nitrogen functional groups attached to an aromatic ring is 1. The maximum Gasteiger partial charge on any atom is 0.251 e. The minimum absolute atomic E-state index is 0.164. The summed E-state index contributed by atoms with van der Waals surface area (Å²) in [5.41, 5.74) is 6.83. The van der Waals surface area contributed by atoms with Gasteiger partial charge >= 0.3 is 0 Å². The van der Waals surface area contributed by atoms with Gasteiger partial charge in [0, 0.05) is 19.2 Å². The lowest BCUT2D eigenvalue weighted by Crippen LogP contribution is -2.33. The highest BCUT2D eigenvalue weighted by molar-refractivity contribution is 5.96. The Bertz CT molecular complexity index is 444. The molecule has 0 aliphatic rings. The smallest absolute Gasteiger partial charge is 0.251 e. The van der Waals surface area contributed by atoms with E-state index in [-0.39, 0.29) is 5.91 Å². The Morgan fingerprint density at radius 2 is 2.16 bits per heavy atom. The van der Waals surface area contributed by atoms with Gasteiger partial charge in [0.15, 0.2) is 0 Å². The van der Waals surface area contributed by atoms with E-state index in [4.69, 9.17) is 5.73 Å². The van der Waals surface area contributed by atoms with Crippen LogP contribution in [0.4, 0.5) is 11.4 Å². The minimum atomic E-state index is -0.787. The SMILES string of the molecule is CCCC(C)(O)CNc1cc(C(=O)NC)ccc1N. The molecule has 1 aromatic rings. The van der Waals surface area contributed by atoms with Crippen LogP contribution in [-0.4, -0.2) is 30.2 Å². The molecule has 5 nitrogen and oxygen atoms in total. The second-order valence-corrected chi connectivity index (χ2v) is 4.98. The van der Waals surface area contributed by atoms with Gasteiger partial charge in [0.1, 0.15) is 0 Å². The lowest BCUT2D eigenvalue weighted by Gasteiger charge is -2.24. The number of nitrogens with two attached hydrogens (primary N) is 1. The van der Waals surface area contributed by atoms with Crippen molar-refractivity contribution in [3.63, 3.8) is 0 Å². The van der Waals surface area contributed by atoms with Crippen molar-refractivity contribution in [3.05, 3.63) is 23.8 Å². The second kappa shape index (κ2) is 6.43. The normalized spacial score (nSPS) is 13.7. The van der Waals surface area contributed by atoms with E-state index >= 15 is 0 Å². The van der Waals surface area contributed by atoms with E-state index in [1.165, 1.54) is 0 Å². The molecule has 0 saturated carbocycles. The van der Waals surface area contributed by atoms with Crippen LogP contribution in [0.2, 0.25) is 0 Å². The molecule has 0 aliphatic heterocycles. The van der Waals surface area contributed by atoms with Gasteiger partial charge in [-0.25, -0.2) is 0 Å². The molecule has 5 heteroatoms. The first-order valence-corrected chi connectivity index (χ1v) is 6.47. The Hall–Kier alpha value is -1.75. The number of carbonyl (C=O) groups is 1. The monoisotopic (exact) mass is 265 g/mol. The molecule has 0 heterocycles. The number of anilines is 2. The van der Waals surface area contributed by atoms with E-state index in [1.807, 2.05) is 6.92 Å². The number of amides is 1. The van der Waals surface area contributed by atoms with Crippen molar-refractivity contribution < 1.29 is 9.90 Å². The highest BCUT2D eigenvalue weighted by atomic mass is 16.3. The highest BCUT2D eigenvalue weighted by Crippen LogP contribution is 2.22. The first-order valence-electron chi connectivity index (χ1n) is 6.47. The number of rotatable bonds is 6. The highest BCUT2D eigenvalue weighted by Gasteiger charge is 2.19. The summed E-state index contributed by atoms with van der Waals surface area (Å²) in [6.07, 6.45) is 1.61. The molecule has 1 aromatic carbocycles. The molecule has 0 bridgehead atoms. The minimum Gasteiger partial charge on any atom is -0.397 e. The molecule has 1 atom stereocenters. The maximum atomic E-state index is 11.6. The van der Waals surface area contributed by atoms with Gasteiger partial charge in [-0.05, 0) is 31.5 Å². The van der Waals surface area contributed by atoms with Gasteiger partial charge in [0.05, 0.1) is 17.0 Å². The van der Waals surface area contributed by atoms with Crippen molar-refractivity contribution in [3.8, 4) is 0 Å². The number of carbonyl (C=O) groups excluding carboxylic acids is 1. The molecule has 0 radical (unpaired) electrons. The van der Waals surface area contributed by atoms with Crippen LogP contribution < -0.4 is 16.4 Å². The molecule has 1 amide bonds. The number of hydrogen-bond acceptors (Lipinski definition) is 4. The first-order chi connectivity index (χ1) is 8.89. The second-order valence-electron chi connectivity index (χ2n) is 4.98. The third-order valence-corrected chi connectivity index (χ3v) is 2.99. The van der Waals surface area contributed by atoms with Gasteiger partial charge in [0.2, 0.25) is 0 Å². The molecule has 0 spiro atoms. The molecule has 0 saturated heterocycles. The van der Waals surface area contributed by atoms with Crippen LogP contribution in [-0.2, 0) is 0 Å². The Balaban J connectivity index is 2.80. The number of hydrogen-bond donors (Lipinski definition) is 4. The van der Waals surface area contributed by atoms with Crippen LogP contribution in [0.1, 0.15) is 37.0 Å². The Morgan fingerprint density at radius 1 is 1.47 bits per heavy atom. The number of benzene rings is 1. The van der Waals surface area contributed by atoms with Crippen LogP contribution in [0.3, 0.4) is 0 Å². The summed E-state index contributed by atoms with van der Waals surface area (Å²) in [6, 6.07) is 5.04. The van der Waals surface area contributed by atoms with Crippen molar-refractivity contribution in [2.45, 2.75) is 32.3 Å². The quantitative estimate of drug-likeness (QED) is 0.588. The number of aliphatic hydroxyl groups is 1. The van der Waals surface area contributed by atoms with E-state index in [9.17, 15) is 9.90 Å². The third kappa shape index (κ3) is 4.44. The summed E-state index contributed by atoms with van der Waals surface area (Å²) in [5.74, 6) is -0.164. The van der Waals surface area contributed by atoms with Crippen molar-refractivity contribution in [1.82, 2.24) is 5.32 Å². The van der Waals surface area contributed by atoms with Crippen LogP contribution in [0.5, 0.6) is 0 Å². The topological polar surface area (TPSA) is 87.4 Å².